The Morgan fingerprint density at radius 1 is 1.45 bits per heavy atom. The molecule has 2 aromatic rings. The molecule has 0 saturated carbocycles. The first-order chi connectivity index (χ1) is 9.58. The highest BCUT2D eigenvalue weighted by molar-refractivity contribution is 9.10. The summed E-state index contributed by atoms with van der Waals surface area (Å²) in [6.07, 6.45) is 5.54. The number of halogens is 1. The van der Waals surface area contributed by atoms with E-state index in [1.54, 1.807) is 4.68 Å². The summed E-state index contributed by atoms with van der Waals surface area (Å²) in [7, 11) is 1.90. The van der Waals surface area contributed by atoms with Crippen LogP contribution in [0.25, 0.3) is 0 Å². The minimum Gasteiger partial charge on any atom is -0.489 e. The van der Waals surface area contributed by atoms with E-state index in [-0.39, 0.29) is 6.04 Å². The molecule has 0 aliphatic carbocycles. The monoisotopic (exact) mass is 337 g/mol. The number of aryl methyl sites for hydroxylation is 1. The van der Waals surface area contributed by atoms with Gasteiger partial charge in [-0.1, -0.05) is 22.9 Å². The second-order valence-electron chi connectivity index (χ2n) is 4.94. The highest BCUT2D eigenvalue weighted by Gasteiger charge is 2.09. The molecule has 0 aliphatic rings. The van der Waals surface area contributed by atoms with Gasteiger partial charge in [0.25, 0.3) is 0 Å². The van der Waals surface area contributed by atoms with Gasteiger partial charge in [0, 0.05) is 29.3 Å². The van der Waals surface area contributed by atoms with Crippen LogP contribution in [0.5, 0.6) is 5.75 Å². The maximum absolute atomic E-state index is 6.05. The van der Waals surface area contributed by atoms with Gasteiger partial charge in [-0.2, -0.15) is 5.10 Å². The number of aromatic nitrogens is 2. The molecule has 0 fully saturated rings. The molecule has 1 aromatic carbocycles. The predicted molar refractivity (Wildman–Crippen MR) is 83.7 cm³/mol. The molecule has 2 rings (SSSR count). The van der Waals surface area contributed by atoms with Crippen LogP contribution in [0.2, 0.25) is 0 Å². The van der Waals surface area contributed by atoms with Gasteiger partial charge in [-0.25, -0.2) is 0 Å². The number of ether oxygens (including phenoxy) is 1. The highest BCUT2D eigenvalue weighted by atomic mass is 79.9. The molecule has 1 heterocycles. The molecule has 108 valence electrons. The first kappa shape index (κ1) is 15.1. The van der Waals surface area contributed by atoms with E-state index in [1.165, 1.54) is 0 Å². The molecule has 0 amide bonds. The van der Waals surface area contributed by atoms with E-state index >= 15 is 0 Å². The van der Waals surface area contributed by atoms with Crippen LogP contribution in [0, 0.1) is 0 Å². The van der Waals surface area contributed by atoms with Crippen LogP contribution < -0.4 is 10.5 Å². The van der Waals surface area contributed by atoms with E-state index in [0.29, 0.717) is 6.61 Å². The number of nitrogens with zero attached hydrogens (tertiary/aromatic N) is 2. The summed E-state index contributed by atoms with van der Waals surface area (Å²) in [6.45, 7) is 2.61. The summed E-state index contributed by atoms with van der Waals surface area (Å²) < 4.78 is 8.73. The van der Waals surface area contributed by atoms with E-state index in [9.17, 15) is 0 Å². The molecule has 4 nitrogen and oxygen atoms in total. The minimum atomic E-state index is 0.157. The van der Waals surface area contributed by atoms with Crippen molar-refractivity contribution in [3.05, 3.63) is 46.2 Å². The predicted octanol–water partition coefficient (Wildman–Crippen LogP) is 3.04. The molecule has 1 unspecified atom stereocenters. The molecule has 1 atom stereocenters. The van der Waals surface area contributed by atoms with Gasteiger partial charge in [0.15, 0.2) is 0 Å². The van der Waals surface area contributed by atoms with Gasteiger partial charge >= 0.3 is 0 Å². The summed E-state index contributed by atoms with van der Waals surface area (Å²) in [5.74, 6) is 0.890. The smallest absolute Gasteiger partial charge is 0.123 e. The molecule has 0 aliphatic heterocycles. The van der Waals surface area contributed by atoms with E-state index < -0.39 is 0 Å². The van der Waals surface area contributed by atoms with Crippen LogP contribution in [0.4, 0.5) is 0 Å². The highest BCUT2D eigenvalue weighted by Crippen LogP contribution is 2.25. The zero-order valence-corrected chi connectivity index (χ0v) is 13.4. The molecule has 0 radical (unpaired) electrons. The Labute approximate surface area is 128 Å². The molecule has 0 bridgehead atoms. The fourth-order valence-corrected chi connectivity index (χ4v) is 2.39. The van der Waals surface area contributed by atoms with Crippen molar-refractivity contribution >= 4 is 15.9 Å². The quantitative estimate of drug-likeness (QED) is 0.881. The van der Waals surface area contributed by atoms with Crippen LogP contribution >= 0.6 is 15.9 Å². The molecule has 2 N–H and O–H groups in total. The summed E-state index contributed by atoms with van der Waals surface area (Å²) >= 11 is 3.50. The van der Waals surface area contributed by atoms with Gasteiger partial charge in [0.05, 0.1) is 6.20 Å². The van der Waals surface area contributed by atoms with Gasteiger partial charge in [-0.15, -0.1) is 0 Å². The van der Waals surface area contributed by atoms with Gasteiger partial charge in [-0.3, -0.25) is 4.68 Å². The molecular weight excluding hydrogens is 318 g/mol. The largest absolute Gasteiger partial charge is 0.489 e. The molecular formula is C15H20BrN3O. The number of nitrogens with two attached hydrogens (primary N) is 1. The lowest BCUT2D eigenvalue weighted by Crippen LogP contribution is -2.21. The van der Waals surface area contributed by atoms with Gasteiger partial charge < -0.3 is 10.5 Å². The zero-order valence-electron chi connectivity index (χ0n) is 11.8. The SMILES string of the molecule is CCC(N)Cc1cc(Br)ccc1OCc1cnn(C)c1. The maximum Gasteiger partial charge on any atom is 0.123 e. The van der Waals surface area contributed by atoms with Crippen LogP contribution in [0.1, 0.15) is 24.5 Å². The Hall–Kier alpha value is -1.33. The van der Waals surface area contributed by atoms with Crippen molar-refractivity contribution < 1.29 is 4.74 Å². The lowest BCUT2D eigenvalue weighted by atomic mass is 10.0. The number of benzene rings is 1. The summed E-state index contributed by atoms with van der Waals surface area (Å²) in [6, 6.07) is 6.20. The van der Waals surface area contributed by atoms with E-state index in [2.05, 4.69) is 34.0 Å². The van der Waals surface area contributed by atoms with Crippen LogP contribution in [0.15, 0.2) is 35.1 Å². The zero-order chi connectivity index (χ0) is 14.5. The average Bonchev–Trinajstić information content (AvgIpc) is 2.83. The molecule has 0 saturated heterocycles. The topological polar surface area (TPSA) is 53.1 Å². The number of hydrogen-bond acceptors (Lipinski definition) is 3. The second kappa shape index (κ2) is 6.90. The molecule has 5 heteroatoms. The lowest BCUT2D eigenvalue weighted by Gasteiger charge is -2.14. The van der Waals surface area contributed by atoms with Crippen molar-refractivity contribution in [1.82, 2.24) is 9.78 Å². The number of hydrogen-bond donors (Lipinski definition) is 1. The van der Waals surface area contributed by atoms with E-state index in [4.69, 9.17) is 10.5 Å². The molecule has 0 spiro atoms. The van der Waals surface area contributed by atoms with Crippen molar-refractivity contribution in [2.45, 2.75) is 32.4 Å². The molecule has 20 heavy (non-hydrogen) atoms. The fraction of sp³-hybridized carbons (Fsp3) is 0.400. The Balaban J connectivity index is 2.09. The van der Waals surface area contributed by atoms with Crippen molar-refractivity contribution in [3.63, 3.8) is 0 Å². The third-order valence-electron chi connectivity index (χ3n) is 3.18. The standard InChI is InChI=1S/C15H20BrN3O/c1-3-14(17)7-12-6-13(16)4-5-15(12)20-10-11-8-18-19(2)9-11/h4-6,8-9,14H,3,7,10,17H2,1-2H3. The molecule has 1 aromatic heterocycles. The van der Waals surface area contributed by atoms with Crippen molar-refractivity contribution in [2.24, 2.45) is 12.8 Å². The van der Waals surface area contributed by atoms with Crippen LogP contribution in [0.3, 0.4) is 0 Å². The minimum absolute atomic E-state index is 0.157. The first-order valence-electron chi connectivity index (χ1n) is 6.72. The van der Waals surface area contributed by atoms with Gasteiger partial charge in [0.2, 0.25) is 0 Å². The fourth-order valence-electron chi connectivity index (χ4n) is 1.98. The van der Waals surface area contributed by atoms with Crippen LogP contribution in [-0.2, 0) is 20.1 Å². The summed E-state index contributed by atoms with van der Waals surface area (Å²) in [5, 5.41) is 4.14. The van der Waals surface area contributed by atoms with Crippen LogP contribution in [-0.4, -0.2) is 15.8 Å². The summed E-state index contributed by atoms with van der Waals surface area (Å²) in [4.78, 5) is 0. The van der Waals surface area contributed by atoms with Crippen molar-refractivity contribution in [2.75, 3.05) is 0 Å². The van der Waals surface area contributed by atoms with Gasteiger partial charge in [-0.05, 0) is 36.6 Å². The lowest BCUT2D eigenvalue weighted by molar-refractivity contribution is 0.302. The van der Waals surface area contributed by atoms with Gasteiger partial charge in [0.1, 0.15) is 12.4 Å². The normalized spacial score (nSPS) is 12.4. The third-order valence-corrected chi connectivity index (χ3v) is 3.67. The first-order valence-corrected chi connectivity index (χ1v) is 7.52. The van der Waals surface area contributed by atoms with E-state index in [1.807, 2.05) is 31.6 Å². The Morgan fingerprint density at radius 2 is 2.25 bits per heavy atom. The average molecular weight is 338 g/mol. The van der Waals surface area contributed by atoms with Crippen molar-refractivity contribution in [1.29, 1.82) is 0 Å². The summed E-state index contributed by atoms with van der Waals surface area (Å²) in [5.41, 5.74) is 8.24. The number of rotatable bonds is 6. The Bertz CT molecular complexity index is 568. The van der Waals surface area contributed by atoms with Crippen molar-refractivity contribution in [3.8, 4) is 5.75 Å². The Kier molecular flexibility index (Phi) is 5.20. The second-order valence-corrected chi connectivity index (χ2v) is 5.85. The van der Waals surface area contributed by atoms with E-state index in [0.717, 1.165) is 34.2 Å². The maximum atomic E-state index is 6.05. The Morgan fingerprint density at radius 3 is 2.90 bits per heavy atom. The third kappa shape index (κ3) is 4.08.